The SMILES string of the molecule is O=C(Nc1ccccc1F)c1ccc(-n2nc(Sc3ccc(F)cc3)ccc2=O)cc1. The van der Waals surface area contributed by atoms with Gasteiger partial charge in [0, 0.05) is 16.5 Å². The predicted octanol–water partition coefficient (Wildman–Crippen LogP) is 4.91. The molecule has 0 atom stereocenters. The topological polar surface area (TPSA) is 64.0 Å². The van der Waals surface area contributed by atoms with Gasteiger partial charge < -0.3 is 5.32 Å². The zero-order valence-corrected chi connectivity index (χ0v) is 16.8. The van der Waals surface area contributed by atoms with Gasteiger partial charge in [-0.2, -0.15) is 9.78 Å². The highest BCUT2D eigenvalue weighted by atomic mass is 32.2. The van der Waals surface area contributed by atoms with Crippen LogP contribution in [0.2, 0.25) is 0 Å². The summed E-state index contributed by atoms with van der Waals surface area (Å²) in [6, 6.07) is 21.0. The first-order chi connectivity index (χ1) is 15.0. The fraction of sp³-hybridized carbons (Fsp3) is 0. The van der Waals surface area contributed by atoms with Gasteiger partial charge in [-0.1, -0.05) is 23.9 Å². The Balaban J connectivity index is 1.54. The molecule has 0 aliphatic carbocycles. The van der Waals surface area contributed by atoms with E-state index in [1.54, 1.807) is 36.4 Å². The molecule has 0 aliphatic rings. The molecule has 1 aromatic heterocycles. The monoisotopic (exact) mass is 435 g/mol. The maximum Gasteiger partial charge on any atom is 0.271 e. The van der Waals surface area contributed by atoms with Gasteiger partial charge in [0.15, 0.2) is 0 Å². The van der Waals surface area contributed by atoms with Gasteiger partial charge in [-0.15, -0.1) is 0 Å². The van der Waals surface area contributed by atoms with Gasteiger partial charge in [0.2, 0.25) is 0 Å². The molecule has 0 radical (unpaired) electrons. The average Bonchev–Trinajstić information content (AvgIpc) is 2.78. The highest BCUT2D eigenvalue weighted by Gasteiger charge is 2.10. The van der Waals surface area contributed by atoms with Gasteiger partial charge in [-0.05, 0) is 66.7 Å². The standard InChI is InChI=1S/C23H15F2N3O2S/c24-16-7-11-18(12-8-16)31-21-13-14-22(29)28(27-21)17-9-5-15(6-10-17)23(30)26-20-4-2-1-3-19(20)25/h1-14H,(H,26,30). The van der Waals surface area contributed by atoms with Crippen molar-refractivity contribution in [2.75, 3.05) is 5.32 Å². The van der Waals surface area contributed by atoms with E-state index in [-0.39, 0.29) is 17.1 Å². The summed E-state index contributed by atoms with van der Waals surface area (Å²) in [5.74, 6) is -1.34. The molecule has 1 heterocycles. The van der Waals surface area contributed by atoms with Crippen LogP contribution in [0.4, 0.5) is 14.5 Å². The van der Waals surface area contributed by atoms with Gasteiger partial charge >= 0.3 is 0 Å². The number of anilines is 1. The summed E-state index contributed by atoms with van der Waals surface area (Å²) in [6.07, 6.45) is 0. The van der Waals surface area contributed by atoms with Crippen LogP contribution in [-0.4, -0.2) is 15.7 Å². The number of amides is 1. The smallest absolute Gasteiger partial charge is 0.271 e. The maximum atomic E-state index is 13.7. The zero-order valence-electron chi connectivity index (χ0n) is 16.0. The van der Waals surface area contributed by atoms with Gasteiger partial charge in [-0.3, -0.25) is 9.59 Å². The third-order valence-corrected chi connectivity index (χ3v) is 5.24. The molecule has 0 spiro atoms. The minimum Gasteiger partial charge on any atom is -0.319 e. The molecule has 5 nitrogen and oxygen atoms in total. The van der Waals surface area contributed by atoms with Gasteiger partial charge in [0.1, 0.15) is 16.7 Å². The van der Waals surface area contributed by atoms with E-state index in [0.717, 1.165) is 4.90 Å². The van der Waals surface area contributed by atoms with Crippen molar-refractivity contribution in [2.24, 2.45) is 0 Å². The van der Waals surface area contributed by atoms with Crippen molar-refractivity contribution in [3.63, 3.8) is 0 Å². The number of rotatable bonds is 5. The number of halogens is 2. The highest BCUT2D eigenvalue weighted by Crippen LogP contribution is 2.25. The molecular formula is C23H15F2N3O2S. The second kappa shape index (κ2) is 8.93. The molecule has 0 saturated carbocycles. The van der Waals surface area contributed by atoms with Crippen molar-refractivity contribution in [1.29, 1.82) is 0 Å². The number of carbonyl (C=O) groups excluding carboxylic acids is 1. The van der Waals surface area contributed by atoms with Crippen LogP contribution in [0.3, 0.4) is 0 Å². The zero-order chi connectivity index (χ0) is 21.8. The molecule has 4 aromatic rings. The maximum absolute atomic E-state index is 13.7. The lowest BCUT2D eigenvalue weighted by Crippen LogP contribution is -2.20. The summed E-state index contributed by atoms with van der Waals surface area (Å²) in [5, 5.41) is 7.40. The molecule has 154 valence electrons. The summed E-state index contributed by atoms with van der Waals surface area (Å²) in [5.41, 5.74) is 0.512. The van der Waals surface area contributed by atoms with Crippen molar-refractivity contribution in [2.45, 2.75) is 9.92 Å². The second-order valence-corrected chi connectivity index (χ2v) is 7.55. The first-order valence-electron chi connectivity index (χ1n) is 9.20. The summed E-state index contributed by atoms with van der Waals surface area (Å²) in [6.45, 7) is 0. The van der Waals surface area contributed by atoms with Crippen LogP contribution in [0, 0.1) is 11.6 Å². The van der Waals surface area contributed by atoms with Crippen LogP contribution >= 0.6 is 11.8 Å². The number of para-hydroxylation sites is 1. The Labute approximate surface area is 180 Å². The fourth-order valence-corrected chi connectivity index (χ4v) is 3.54. The second-order valence-electron chi connectivity index (χ2n) is 6.46. The lowest BCUT2D eigenvalue weighted by atomic mass is 10.2. The molecule has 0 unspecified atom stereocenters. The normalized spacial score (nSPS) is 10.6. The van der Waals surface area contributed by atoms with E-state index in [2.05, 4.69) is 10.4 Å². The van der Waals surface area contributed by atoms with Crippen LogP contribution in [-0.2, 0) is 0 Å². The molecule has 3 aromatic carbocycles. The molecule has 8 heteroatoms. The third-order valence-electron chi connectivity index (χ3n) is 4.31. The van der Waals surface area contributed by atoms with Crippen molar-refractivity contribution in [3.8, 4) is 5.69 Å². The summed E-state index contributed by atoms with van der Waals surface area (Å²) >= 11 is 1.29. The number of aromatic nitrogens is 2. The van der Waals surface area contributed by atoms with Crippen LogP contribution in [0.5, 0.6) is 0 Å². The molecule has 0 fully saturated rings. The summed E-state index contributed by atoms with van der Waals surface area (Å²) in [7, 11) is 0. The first kappa shape index (κ1) is 20.5. The number of hydrogen-bond donors (Lipinski definition) is 1. The molecular weight excluding hydrogens is 420 g/mol. The number of carbonyl (C=O) groups is 1. The van der Waals surface area contributed by atoms with Crippen molar-refractivity contribution >= 4 is 23.4 Å². The van der Waals surface area contributed by atoms with E-state index < -0.39 is 11.7 Å². The Bertz CT molecular complexity index is 1290. The van der Waals surface area contributed by atoms with E-state index in [0.29, 0.717) is 16.3 Å². The van der Waals surface area contributed by atoms with E-state index in [1.165, 1.54) is 65.0 Å². The van der Waals surface area contributed by atoms with E-state index in [9.17, 15) is 18.4 Å². The van der Waals surface area contributed by atoms with Crippen LogP contribution in [0.25, 0.3) is 5.69 Å². The molecule has 4 rings (SSSR count). The van der Waals surface area contributed by atoms with Crippen LogP contribution < -0.4 is 10.9 Å². The van der Waals surface area contributed by atoms with E-state index >= 15 is 0 Å². The predicted molar refractivity (Wildman–Crippen MR) is 115 cm³/mol. The first-order valence-corrected chi connectivity index (χ1v) is 10.0. The third kappa shape index (κ3) is 4.87. The minimum absolute atomic E-state index is 0.0833. The largest absolute Gasteiger partial charge is 0.319 e. The van der Waals surface area contributed by atoms with Crippen LogP contribution in [0.1, 0.15) is 10.4 Å². The van der Waals surface area contributed by atoms with Crippen molar-refractivity contribution in [3.05, 3.63) is 112 Å². The van der Waals surface area contributed by atoms with Crippen LogP contribution in [0.15, 0.2) is 99.6 Å². The molecule has 1 amide bonds. The minimum atomic E-state index is -0.529. The van der Waals surface area contributed by atoms with Gasteiger partial charge in [0.05, 0.1) is 11.4 Å². The average molecular weight is 435 g/mol. The molecule has 0 saturated heterocycles. The lowest BCUT2D eigenvalue weighted by Gasteiger charge is -2.09. The fourth-order valence-electron chi connectivity index (χ4n) is 2.77. The molecule has 1 N–H and O–H groups in total. The Hall–Kier alpha value is -3.78. The Kier molecular flexibility index (Phi) is 5.90. The number of nitrogens with one attached hydrogen (secondary N) is 1. The molecule has 0 bridgehead atoms. The van der Waals surface area contributed by atoms with Gasteiger partial charge in [0.25, 0.3) is 11.5 Å². The molecule has 31 heavy (non-hydrogen) atoms. The van der Waals surface area contributed by atoms with E-state index in [1.807, 2.05) is 0 Å². The Morgan fingerprint density at radius 1 is 0.871 bits per heavy atom. The number of nitrogens with zero attached hydrogens (tertiary/aromatic N) is 2. The van der Waals surface area contributed by atoms with Crippen molar-refractivity contribution < 1.29 is 13.6 Å². The number of hydrogen-bond acceptors (Lipinski definition) is 4. The van der Waals surface area contributed by atoms with Gasteiger partial charge in [-0.25, -0.2) is 8.78 Å². The summed E-state index contributed by atoms with van der Waals surface area (Å²) < 4.78 is 28.0. The Morgan fingerprint density at radius 2 is 1.58 bits per heavy atom. The lowest BCUT2D eigenvalue weighted by molar-refractivity contribution is 0.102. The van der Waals surface area contributed by atoms with Crippen molar-refractivity contribution in [1.82, 2.24) is 9.78 Å². The quantitative estimate of drug-likeness (QED) is 0.484. The highest BCUT2D eigenvalue weighted by molar-refractivity contribution is 7.99. The number of benzene rings is 3. The Morgan fingerprint density at radius 3 is 2.29 bits per heavy atom. The van der Waals surface area contributed by atoms with E-state index in [4.69, 9.17) is 0 Å². The summed E-state index contributed by atoms with van der Waals surface area (Å²) in [4.78, 5) is 25.4. The molecule has 0 aliphatic heterocycles.